The Hall–Kier alpha value is -4.17. The van der Waals surface area contributed by atoms with E-state index in [0.29, 0.717) is 39.9 Å². The second-order valence-corrected chi connectivity index (χ2v) is 9.68. The van der Waals surface area contributed by atoms with Gasteiger partial charge < -0.3 is 19.2 Å². The molecule has 0 saturated carbocycles. The molecule has 0 aliphatic heterocycles. The zero-order valence-corrected chi connectivity index (χ0v) is 21.2. The van der Waals surface area contributed by atoms with Crippen molar-refractivity contribution in [3.05, 3.63) is 99.8 Å². The van der Waals surface area contributed by atoms with Crippen LogP contribution in [0.25, 0.3) is 0 Å². The first-order valence-electron chi connectivity index (χ1n) is 12.1. The highest BCUT2D eigenvalue weighted by Crippen LogP contribution is 2.40. The van der Waals surface area contributed by atoms with Gasteiger partial charge in [0.2, 0.25) is 0 Å². The number of furan rings is 1. The first-order chi connectivity index (χ1) is 18.1. The van der Waals surface area contributed by atoms with Gasteiger partial charge in [-0.05, 0) is 97.5 Å². The van der Waals surface area contributed by atoms with Gasteiger partial charge in [-0.2, -0.15) is 0 Å². The molecule has 2 heterocycles. The Morgan fingerprint density at radius 3 is 2.51 bits per heavy atom. The Kier molecular flexibility index (Phi) is 7.46. The van der Waals surface area contributed by atoms with E-state index in [2.05, 4.69) is 5.32 Å². The molecule has 1 aliphatic rings. The highest BCUT2D eigenvalue weighted by atomic mass is 32.1. The van der Waals surface area contributed by atoms with Gasteiger partial charge in [0, 0.05) is 11.1 Å². The average molecular weight is 515 g/mol. The van der Waals surface area contributed by atoms with E-state index in [1.165, 1.54) is 4.88 Å². The number of esters is 1. The monoisotopic (exact) mass is 514 g/mol. The smallest absolute Gasteiger partial charge is 0.343 e. The van der Waals surface area contributed by atoms with E-state index in [1.807, 2.05) is 18.2 Å². The molecule has 0 spiro atoms. The number of thiophene rings is 1. The van der Waals surface area contributed by atoms with E-state index < -0.39 is 5.97 Å². The van der Waals surface area contributed by atoms with E-state index >= 15 is 0 Å². The lowest BCUT2D eigenvalue weighted by Gasteiger charge is -2.12. The lowest BCUT2D eigenvalue weighted by atomic mass is 9.95. The van der Waals surface area contributed by atoms with Gasteiger partial charge in [0.15, 0.2) is 0 Å². The summed E-state index contributed by atoms with van der Waals surface area (Å²) < 4.78 is 15.9. The minimum atomic E-state index is -0.446. The van der Waals surface area contributed by atoms with Crippen LogP contribution in [0.5, 0.6) is 11.5 Å². The van der Waals surface area contributed by atoms with Crippen molar-refractivity contribution in [1.82, 2.24) is 5.32 Å². The fourth-order valence-corrected chi connectivity index (χ4v) is 5.42. The van der Waals surface area contributed by atoms with E-state index in [4.69, 9.17) is 18.9 Å². The molecule has 5 rings (SSSR count). The summed E-state index contributed by atoms with van der Waals surface area (Å²) in [5.41, 5.74) is 3.04. The number of hydrogen-bond donors (Lipinski definition) is 1. The fraction of sp³-hybridized carbons (Fsp3) is 0.207. The van der Waals surface area contributed by atoms with Crippen LogP contribution in [0.3, 0.4) is 0 Å². The minimum Gasteiger partial charge on any atom is -0.497 e. The van der Waals surface area contributed by atoms with Crippen molar-refractivity contribution in [2.75, 3.05) is 7.11 Å². The van der Waals surface area contributed by atoms with Crippen LogP contribution >= 0.6 is 11.3 Å². The second kappa shape index (κ2) is 11.3. The molecule has 4 aromatic rings. The van der Waals surface area contributed by atoms with Crippen molar-refractivity contribution in [3.63, 3.8) is 0 Å². The number of ether oxygens (including phenoxy) is 2. The maximum Gasteiger partial charge on any atom is 0.343 e. The largest absolute Gasteiger partial charge is 0.497 e. The molecule has 0 radical (unpaired) electrons. The van der Waals surface area contributed by atoms with E-state index in [-0.39, 0.29) is 5.91 Å². The number of benzene rings is 2. The minimum absolute atomic E-state index is 0.135. The summed E-state index contributed by atoms with van der Waals surface area (Å²) in [6.45, 7) is 0.330. The molecule has 8 heteroatoms. The predicted molar refractivity (Wildman–Crippen MR) is 142 cm³/mol. The third-order valence-electron chi connectivity index (χ3n) is 6.13. The maximum absolute atomic E-state index is 13.1. The summed E-state index contributed by atoms with van der Waals surface area (Å²) in [7, 11) is 1.57. The molecule has 1 aliphatic carbocycles. The number of aryl methyl sites for hydroxylation is 1. The Labute approximate surface area is 218 Å². The van der Waals surface area contributed by atoms with Crippen molar-refractivity contribution in [1.29, 1.82) is 0 Å². The molecule has 7 nitrogen and oxygen atoms in total. The molecule has 1 N–H and O–H groups in total. The van der Waals surface area contributed by atoms with Gasteiger partial charge in [-0.15, -0.1) is 11.3 Å². The molecule has 0 bridgehead atoms. The molecule has 0 atom stereocenters. The summed E-state index contributed by atoms with van der Waals surface area (Å²) in [6.07, 6.45) is 7.38. The van der Waals surface area contributed by atoms with Crippen LogP contribution in [0.1, 0.15) is 55.3 Å². The van der Waals surface area contributed by atoms with Gasteiger partial charge in [-0.3, -0.25) is 4.79 Å². The molecule has 188 valence electrons. The zero-order chi connectivity index (χ0) is 25.6. The molecule has 2 aromatic heterocycles. The summed E-state index contributed by atoms with van der Waals surface area (Å²) in [4.78, 5) is 31.5. The van der Waals surface area contributed by atoms with E-state index in [9.17, 15) is 9.59 Å². The second-order valence-electron chi connectivity index (χ2n) is 8.60. The van der Waals surface area contributed by atoms with Crippen molar-refractivity contribution in [2.45, 2.75) is 32.2 Å². The summed E-state index contributed by atoms with van der Waals surface area (Å²) in [5.74, 6) is 1.23. The summed E-state index contributed by atoms with van der Waals surface area (Å²) in [6, 6.07) is 17.5. The standard InChI is InChI=1S/C29H26N2O5S/c1-34-21-14-10-20(11-15-21)29(33)36-22-12-8-19(9-13-22)17-31-28-26(24-6-2-3-7-25(24)37-28)27(32)30-18-23-5-4-16-35-23/h4-5,8-17H,2-3,6-7,18H2,1H3,(H,30,32). The first-order valence-corrected chi connectivity index (χ1v) is 12.9. The maximum atomic E-state index is 13.1. The lowest BCUT2D eigenvalue weighted by Crippen LogP contribution is -2.23. The van der Waals surface area contributed by atoms with Gasteiger partial charge in [-0.25, -0.2) is 9.79 Å². The van der Waals surface area contributed by atoms with Gasteiger partial charge in [0.25, 0.3) is 5.91 Å². The number of hydrogen-bond acceptors (Lipinski definition) is 7. The number of nitrogens with zero attached hydrogens (tertiary/aromatic N) is 1. The van der Waals surface area contributed by atoms with Crippen molar-refractivity contribution < 1.29 is 23.5 Å². The molecule has 0 unspecified atom stereocenters. The van der Waals surface area contributed by atoms with Crippen LogP contribution in [0.15, 0.2) is 76.3 Å². The third-order valence-corrected chi connectivity index (χ3v) is 7.33. The van der Waals surface area contributed by atoms with Gasteiger partial charge in [-0.1, -0.05) is 0 Å². The van der Waals surface area contributed by atoms with Gasteiger partial charge in [0.05, 0.1) is 31.0 Å². The third kappa shape index (κ3) is 5.81. The highest BCUT2D eigenvalue weighted by Gasteiger charge is 2.25. The number of amides is 1. The fourth-order valence-electron chi connectivity index (χ4n) is 4.19. The van der Waals surface area contributed by atoms with Crippen molar-refractivity contribution in [2.24, 2.45) is 4.99 Å². The Bertz CT molecular complexity index is 1400. The Morgan fingerprint density at radius 2 is 1.78 bits per heavy atom. The molecular weight excluding hydrogens is 488 g/mol. The van der Waals surface area contributed by atoms with Crippen molar-refractivity contribution in [3.8, 4) is 11.5 Å². The number of rotatable bonds is 8. The van der Waals surface area contributed by atoms with Crippen LogP contribution in [0, 0.1) is 0 Å². The summed E-state index contributed by atoms with van der Waals surface area (Å²) >= 11 is 1.58. The molecule has 0 saturated heterocycles. The molecule has 1 amide bonds. The Morgan fingerprint density at radius 1 is 1.03 bits per heavy atom. The van der Waals surface area contributed by atoms with E-state index in [1.54, 1.807) is 73.4 Å². The predicted octanol–water partition coefficient (Wildman–Crippen LogP) is 6.13. The molecule has 2 aromatic carbocycles. The number of carbonyl (C=O) groups is 2. The van der Waals surface area contributed by atoms with Gasteiger partial charge in [0.1, 0.15) is 22.3 Å². The number of carbonyl (C=O) groups excluding carboxylic acids is 2. The molecule has 0 fully saturated rings. The normalized spacial score (nSPS) is 12.8. The number of aliphatic imine (C=N–C) groups is 1. The molecule has 37 heavy (non-hydrogen) atoms. The number of nitrogens with one attached hydrogen (secondary N) is 1. The Balaban J connectivity index is 1.29. The SMILES string of the molecule is COc1ccc(C(=O)Oc2ccc(C=Nc3sc4c(c3C(=O)NCc3ccco3)CCCC4)cc2)cc1. The zero-order valence-electron chi connectivity index (χ0n) is 20.4. The van der Waals surface area contributed by atoms with Crippen LogP contribution in [-0.2, 0) is 19.4 Å². The van der Waals surface area contributed by atoms with Crippen LogP contribution in [0.2, 0.25) is 0 Å². The number of fused-ring (bicyclic) bond motifs is 1. The van der Waals surface area contributed by atoms with E-state index in [0.717, 1.165) is 36.8 Å². The number of methoxy groups -OCH3 is 1. The quantitative estimate of drug-likeness (QED) is 0.174. The van der Waals surface area contributed by atoms with Crippen LogP contribution < -0.4 is 14.8 Å². The van der Waals surface area contributed by atoms with Crippen LogP contribution in [0.4, 0.5) is 5.00 Å². The van der Waals surface area contributed by atoms with Gasteiger partial charge >= 0.3 is 5.97 Å². The summed E-state index contributed by atoms with van der Waals surface area (Å²) in [5, 5.41) is 3.67. The molecular formula is C29H26N2O5S. The first kappa shape index (κ1) is 24.5. The lowest BCUT2D eigenvalue weighted by molar-refractivity contribution is 0.0734. The van der Waals surface area contributed by atoms with Crippen molar-refractivity contribution >= 4 is 34.4 Å². The topological polar surface area (TPSA) is 90.1 Å². The highest BCUT2D eigenvalue weighted by molar-refractivity contribution is 7.16. The van der Waals surface area contributed by atoms with Crippen LogP contribution in [-0.4, -0.2) is 25.2 Å². The average Bonchev–Trinajstić information content (AvgIpc) is 3.59.